The van der Waals surface area contributed by atoms with E-state index in [0.717, 1.165) is 50.5 Å². The zero-order valence-corrected chi connectivity index (χ0v) is 19.7. The Bertz CT molecular complexity index is 980. The Morgan fingerprint density at radius 1 is 1.25 bits per heavy atom. The van der Waals surface area contributed by atoms with Crippen molar-refractivity contribution in [3.63, 3.8) is 0 Å². The maximum atomic E-state index is 11.4. The van der Waals surface area contributed by atoms with Gasteiger partial charge in [-0.25, -0.2) is 10.1 Å². The van der Waals surface area contributed by atoms with Crippen molar-refractivity contribution < 1.29 is 24.6 Å². The van der Waals surface area contributed by atoms with Crippen LogP contribution in [0.1, 0.15) is 16.9 Å². The molecule has 3 heterocycles. The number of amidine groups is 1. The second-order valence-electron chi connectivity index (χ2n) is 8.22. The third-order valence-corrected chi connectivity index (χ3v) is 6.81. The Labute approximate surface area is 193 Å². The molecule has 4 rings (SSSR count). The number of carbonyl (C=O) groups is 1. The SMILES string of the molecule is COC(=O)C([NH3+])COCCCN1CC[N+](=C2Nc3ccccc3Nc3sc(C)cc32)CC1. The lowest BCUT2D eigenvalue weighted by Gasteiger charge is -2.28. The van der Waals surface area contributed by atoms with Crippen LogP contribution in [0.25, 0.3) is 0 Å². The van der Waals surface area contributed by atoms with Gasteiger partial charge in [0.15, 0.2) is 0 Å². The van der Waals surface area contributed by atoms with E-state index in [-0.39, 0.29) is 5.97 Å². The molecule has 2 aliphatic rings. The van der Waals surface area contributed by atoms with E-state index in [1.54, 1.807) is 11.3 Å². The first-order valence-corrected chi connectivity index (χ1v) is 11.9. The van der Waals surface area contributed by atoms with Crippen LogP contribution in [0.3, 0.4) is 0 Å². The minimum Gasteiger partial charge on any atom is -0.465 e. The molecule has 1 saturated heterocycles. The van der Waals surface area contributed by atoms with Crippen LogP contribution in [-0.4, -0.2) is 80.4 Å². The third kappa shape index (κ3) is 5.29. The van der Waals surface area contributed by atoms with Gasteiger partial charge in [-0.3, -0.25) is 9.48 Å². The number of quaternary nitrogens is 1. The van der Waals surface area contributed by atoms with Crippen molar-refractivity contribution in [3.8, 4) is 0 Å². The van der Waals surface area contributed by atoms with Crippen LogP contribution in [0.15, 0.2) is 30.3 Å². The highest BCUT2D eigenvalue weighted by Crippen LogP contribution is 2.37. The fourth-order valence-corrected chi connectivity index (χ4v) is 5.02. The van der Waals surface area contributed by atoms with Crippen LogP contribution in [0, 0.1) is 6.92 Å². The largest absolute Gasteiger partial charge is 0.465 e. The summed E-state index contributed by atoms with van der Waals surface area (Å²) in [6.07, 6.45) is 0.938. The number of nitrogens with one attached hydrogen (secondary N) is 2. The number of nitrogens with zero attached hydrogens (tertiary/aromatic N) is 2. The van der Waals surface area contributed by atoms with Gasteiger partial charge in [-0.1, -0.05) is 12.1 Å². The van der Waals surface area contributed by atoms with Gasteiger partial charge >= 0.3 is 5.97 Å². The smallest absolute Gasteiger partial charge is 0.366 e. The van der Waals surface area contributed by atoms with Crippen molar-refractivity contribution in [2.45, 2.75) is 19.4 Å². The summed E-state index contributed by atoms with van der Waals surface area (Å²) < 4.78 is 12.7. The Kier molecular flexibility index (Phi) is 7.41. The molecule has 5 N–H and O–H groups in total. The van der Waals surface area contributed by atoms with E-state index in [2.05, 4.69) is 67.8 Å². The zero-order valence-electron chi connectivity index (χ0n) is 18.9. The number of ether oxygens (including phenoxy) is 2. The van der Waals surface area contributed by atoms with E-state index in [9.17, 15) is 4.79 Å². The molecule has 1 unspecified atom stereocenters. The van der Waals surface area contributed by atoms with Gasteiger partial charge in [0.2, 0.25) is 6.04 Å². The van der Waals surface area contributed by atoms with Gasteiger partial charge in [0.1, 0.15) is 17.3 Å². The number of fused-ring (bicyclic) bond motifs is 2. The molecular formula is C23H33N5O3S+2. The summed E-state index contributed by atoms with van der Waals surface area (Å²) in [6, 6.07) is 10.2. The molecule has 172 valence electrons. The minimum atomic E-state index is -0.460. The summed E-state index contributed by atoms with van der Waals surface area (Å²) in [5, 5.41) is 8.51. The summed E-state index contributed by atoms with van der Waals surface area (Å²) >= 11 is 1.80. The molecule has 1 atom stereocenters. The van der Waals surface area contributed by atoms with Gasteiger partial charge in [-0.15, -0.1) is 11.3 Å². The molecule has 1 aromatic carbocycles. The number of anilines is 3. The van der Waals surface area contributed by atoms with Crippen molar-refractivity contribution in [2.24, 2.45) is 0 Å². The first kappa shape index (κ1) is 22.7. The number of benzene rings is 1. The fourth-order valence-electron chi connectivity index (χ4n) is 4.10. The van der Waals surface area contributed by atoms with Crippen molar-refractivity contribution >= 4 is 39.5 Å². The Morgan fingerprint density at radius 2 is 1.97 bits per heavy atom. The number of esters is 1. The molecule has 0 saturated carbocycles. The van der Waals surface area contributed by atoms with Crippen LogP contribution >= 0.6 is 11.3 Å². The summed E-state index contributed by atoms with van der Waals surface area (Å²) in [5.41, 5.74) is 7.23. The summed E-state index contributed by atoms with van der Waals surface area (Å²) in [4.78, 5) is 15.1. The van der Waals surface area contributed by atoms with Crippen molar-refractivity contribution in [1.82, 2.24) is 4.90 Å². The van der Waals surface area contributed by atoms with Crippen LogP contribution in [0.4, 0.5) is 16.4 Å². The molecule has 1 aromatic heterocycles. The molecule has 1 fully saturated rings. The fraction of sp³-hybridized carbons (Fsp3) is 0.478. The highest BCUT2D eigenvalue weighted by atomic mass is 32.1. The van der Waals surface area contributed by atoms with Gasteiger partial charge in [0.05, 0.1) is 31.5 Å². The second-order valence-corrected chi connectivity index (χ2v) is 9.48. The number of aryl methyl sites for hydroxylation is 1. The van der Waals surface area contributed by atoms with Crippen LogP contribution < -0.4 is 16.4 Å². The Hall–Kier alpha value is -2.46. The first-order valence-electron chi connectivity index (χ1n) is 11.1. The molecule has 8 nitrogen and oxygen atoms in total. The molecule has 32 heavy (non-hydrogen) atoms. The molecule has 9 heteroatoms. The number of carbonyl (C=O) groups excluding carboxylic acids is 1. The monoisotopic (exact) mass is 459 g/mol. The topological polar surface area (TPSA) is 93.5 Å². The lowest BCUT2D eigenvalue weighted by atomic mass is 10.2. The molecule has 0 spiro atoms. The van der Waals surface area contributed by atoms with E-state index in [0.29, 0.717) is 13.2 Å². The van der Waals surface area contributed by atoms with Crippen LogP contribution in [0.5, 0.6) is 0 Å². The Morgan fingerprint density at radius 3 is 2.69 bits per heavy atom. The first-order chi connectivity index (χ1) is 15.5. The highest BCUT2D eigenvalue weighted by Gasteiger charge is 2.29. The quantitative estimate of drug-likeness (QED) is 0.330. The van der Waals surface area contributed by atoms with Crippen molar-refractivity contribution in [2.75, 3.05) is 63.7 Å². The number of piperazine rings is 1. The molecule has 0 amide bonds. The number of methoxy groups -OCH3 is 1. The number of thiophene rings is 1. The molecule has 2 aromatic rings. The number of hydrogen-bond donors (Lipinski definition) is 3. The van der Waals surface area contributed by atoms with Gasteiger partial charge in [-0.2, -0.15) is 0 Å². The molecule has 2 aliphatic heterocycles. The number of hydrogen-bond acceptors (Lipinski definition) is 6. The zero-order chi connectivity index (χ0) is 22.5. The average Bonchev–Trinajstić information content (AvgIpc) is 3.10. The van der Waals surface area contributed by atoms with Gasteiger partial charge in [0, 0.05) is 31.1 Å². The molecule has 0 bridgehead atoms. The molecular weight excluding hydrogens is 426 g/mol. The lowest BCUT2D eigenvalue weighted by Crippen LogP contribution is -2.67. The maximum Gasteiger partial charge on any atom is 0.366 e. The van der Waals surface area contributed by atoms with E-state index >= 15 is 0 Å². The van der Waals surface area contributed by atoms with Crippen LogP contribution in [0.2, 0.25) is 0 Å². The predicted octanol–water partition coefficient (Wildman–Crippen LogP) is 1.49. The summed E-state index contributed by atoms with van der Waals surface area (Å²) in [6.45, 7) is 8.06. The normalized spacial score (nSPS) is 17.0. The predicted molar refractivity (Wildman–Crippen MR) is 127 cm³/mol. The Balaban J connectivity index is 1.34. The molecule has 0 aliphatic carbocycles. The average molecular weight is 460 g/mol. The van der Waals surface area contributed by atoms with Gasteiger partial charge in [0.25, 0.3) is 5.84 Å². The van der Waals surface area contributed by atoms with E-state index in [1.165, 1.54) is 28.4 Å². The van der Waals surface area contributed by atoms with E-state index in [1.807, 2.05) is 0 Å². The van der Waals surface area contributed by atoms with E-state index in [4.69, 9.17) is 4.74 Å². The maximum absolute atomic E-state index is 11.4. The van der Waals surface area contributed by atoms with Gasteiger partial charge in [-0.05, 0) is 31.5 Å². The standard InChI is InChI=1S/C23H31N5O3S/c1-16-14-17-21(25-19-6-3-4-7-20(19)26-22(17)32-16)28-11-9-27(10-12-28)8-5-13-31-15-18(24)23(29)30-2/h3-4,6-7,14,18H,5,8-13,15,24H2,1-2H3,(H,25,26)/p+2. The summed E-state index contributed by atoms with van der Waals surface area (Å²) in [5.74, 6) is 0.863. The minimum absolute atomic E-state index is 0.308. The summed E-state index contributed by atoms with van der Waals surface area (Å²) in [7, 11) is 1.37. The lowest BCUT2D eigenvalue weighted by molar-refractivity contribution is -0.539. The highest BCUT2D eigenvalue weighted by molar-refractivity contribution is 7.16. The molecule has 0 radical (unpaired) electrons. The second kappa shape index (κ2) is 10.4. The third-order valence-electron chi connectivity index (χ3n) is 5.84. The number of rotatable bonds is 7. The van der Waals surface area contributed by atoms with Crippen LogP contribution in [-0.2, 0) is 14.3 Å². The van der Waals surface area contributed by atoms with Gasteiger partial charge < -0.3 is 20.5 Å². The van der Waals surface area contributed by atoms with E-state index < -0.39 is 6.04 Å². The number of para-hydroxylation sites is 2. The van der Waals surface area contributed by atoms with Crippen molar-refractivity contribution in [3.05, 3.63) is 40.8 Å². The van der Waals surface area contributed by atoms with Crippen molar-refractivity contribution in [1.29, 1.82) is 0 Å².